The molecule has 0 unspecified atom stereocenters. The number of amides is 2. The molecule has 10 nitrogen and oxygen atoms in total. The highest BCUT2D eigenvalue weighted by molar-refractivity contribution is 5.93. The van der Waals surface area contributed by atoms with E-state index in [1.54, 1.807) is 50.1 Å². The van der Waals surface area contributed by atoms with E-state index in [-0.39, 0.29) is 22.6 Å². The number of rotatable bonds is 6. The molecule has 2 heterocycles. The predicted octanol–water partition coefficient (Wildman–Crippen LogP) is 4.45. The Balaban J connectivity index is 0.000000360. The molecular formula is C26H44N8O2. The van der Waals surface area contributed by atoms with Gasteiger partial charge in [0.2, 0.25) is 17.8 Å². The second-order valence-electron chi connectivity index (χ2n) is 11.2. The third kappa shape index (κ3) is 10.5. The molecule has 2 amide bonds. The molecule has 0 aliphatic heterocycles. The second-order valence-corrected chi connectivity index (χ2v) is 11.2. The summed E-state index contributed by atoms with van der Waals surface area (Å²) in [6.07, 6.45) is 0.975. The first kappa shape index (κ1) is 30.7. The third-order valence-electron chi connectivity index (χ3n) is 4.94. The number of aromatic nitrogens is 4. The molecular weight excluding hydrogens is 456 g/mol. The van der Waals surface area contributed by atoms with E-state index in [0.29, 0.717) is 42.1 Å². The lowest BCUT2D eigenvalue weighted by Gasteiger charge is -2.23. The largest absolute Gasteiger partial charge is 0.373 e. The molecule has 0 saturated heterocycles. The average molecular weight is 501 g/mol. The van der Waals surface area contributed by atoms with E-state index in [0.717, 1.165) is 5.69 Å². The number of hydrogen-bond donors (Lipinski definition) is 2. The van der Waals surface area contributed by atoms with Gasteiger partial charge in [0.05, 0.1) is 0 Å². The van der Waals surface area contributed by atoms with Gasteiger partial charge in [0.1, 0.15) is 23.3 Å². The smallest absolute Gasteiger partial charge is 0.228 e. The summed E-state index contributed by atoms with van der Waals surface area (Å²) in [6.45, 7) is 16.0. The number of nitrogens with one attached hydrogen (secondary N) is 2. The molecule has 0 bridgehead atoms. The molecule has 0 aliphatic carbocycles. The lowest BCUT2D eigenvalue weighted by Crippen LogP contribution is -2.30. The van der Waals surface area contributed by atoms with E-state index in [1.807, 2.05) is 55.4 Å². The molecule has 0 spiro atoms. The maximum Gasteiger partial charge on any atom is 0.228 e. The first-order valence-electron chi connectivity index (χ1n) is 12.1. The minimum Gasteiger partial charge on any atom is -0.373 e. The van der Waals surface area contributed by atoms with Crippen LogP contribution in [0, 0.1) is 24.7 Å². The summed E-state index contributed by atoms with van der Waals surface area (Å²) in [5.41, 5.74) is 0.776. The summed E-state index contributed by atoms with van der Waals surface area (Å²) in [4.78, 5) is 44.4. The van der Waals surface area contributed by atoms with Crippen LogP contribution in [0.5, 0.6) is 0 Å². The fourth-order valence-electron chi connectivity index (χ4n) is 3.09. The summed E-state index contributed by atoms with van der Waals surface area (Å²) in [5, 5.41) is 5.85. The number of nitrogens with zero attached hydrogens (tertiary/aromatic N) is 6. The molecule has 0 radical (unpaired) electrons. The van der Waals surface area contributed by atoms with Gasteiger partial charge in [-0.25, -0.2) is 15.0 Å². The monoisotopic (exact) mass is 500 g/mol. The summed E-state index contributed by atoms with van der Waals surface area (Å²) >= 11 is 0. The molecule has 2 rings (SSSR count). The molecule has 0 aliphatic rings. The van der Waals surface area contributed by atoms with Gasteiger partial charge in [-0.1, -0.05) is 41.5 Å². The molecule has 36 heavy (non-hydrogen) atoms. The Morgan fingerprint density at radius 2 is 1.22 bits per heavy atom. The Bertz CT molecular complexity index is 958. The van der Waals surface area contributed by atoms with Crippen LogP contribution in [0.15, 0.2) is 12.1 Å². The highest BCUT2D eigenvalue weighted by Gasteiger charge is 2.22. The predicted molar refractivity (Wildman–Crippen MR) is 148 cm³/mol. The van der Waals surface area contributed by atoms with E-state index in [1.165, 1.54) is 0 Å². The van der Waals surface area contributed by atoms with Crippen LogP contribution in [-0.2, 0) is 9.59 Å². The second kappa shape index (κ2) is 12.6. The molecule has 200 valence electrons. The fourth-order valence-corrected chi connectivity index (χ4v) is 3.09. The highest BCUT2D eigenvalue weighted by Crippen LogP contribution is 2.23. The van der Waals surface area contributed by atoms with Crippen LogP contribution in [0.2, 0.25) is 0 Å². The van der Waals surface area contributed by atoms with Crippen LogP contribution < -0.4 is 20.4 Å². The van der Waals surface area contributed by atoms with E-state index in [4.69, 9.17) is 0 Å². The van der Waals surface area contributed by atoms with E-state index in [2.05, 4.69) is 30.6 Å². The van der Waals surface area contributed by atoms with E-state index < -0.39 is 0 Å². The van der Waals surface area contributed by atoms with E-state index >= 15 is 0 Å². The van der Waals surface area contributed by atoms with Crippen LogP contribution in [0.1, 0.15) is 65.9 Å². The van der Waals surface area contributed by atoms with Crippen molar-refractivity contribution in [1.82, 2.24) is 19.9 Å². The standard InChI is InChI=1S/2C13H22N4O/c1-9-15-10(14-5)7-11(16-9)17(6)12(18)8-13(2,3)4;1-9-7-10(16-12(14-5)15-9)17(6)11(18)8-13(2,3)4/h2*7H,8H2,1-6H3,(H,14,15,16). The van der Waals surface area contributed by atoms with Crippen molar-refractivity contribution in [3.63, 3.8) is 0 Å². The summed E-state index contributed by atoms with van der Waals surface area (Å²) < 4.78 is 0. The van der Waals surface area contributed by atoms with Crippen LogP contribution in [0.4, 0.5) is 23.4 Å². The van der Waals surface area contributed by atoms with Crippen molar-refractivity contribution in [2.75, 3.05) is 48.6 Å². The zero-order chi connectivity index (χ0) is 27.8. The number of aryl methyl sites for hydroxylation is 2. The first-order chi connectivity index (χ1) is 16.5. The summed E-state index contributed by atoms with van der Waals surface area (Å²) in [7, 11) is 7.04. The van der Waals surface area contributed by atoms with Crippen LogP contribution in [-0.4, -0.2) is 59.9 Å². The van der Waals surface area contributed by atoms with Gasteiger partial charge in [0.15, 0.2) is 0 Å². The van der Waals surface area contributed by atoms with Crippen molar-refractivity contribution < 1.29 is 9.59 Å². The first-order valence-corrected chi connectivity index (χ1v) is 12.1. The molecule has 2 N–H and O–H groups in total. The van der Waals surface area contributed by atoms with Crippen molar-refractivity contribution in [1.29, 1.82) is 0 Å². The maximum absolute atomic E-state index is 12.1. The zero-order valence-electron chi connectivity index (χ0n) is 24.1. The quantitative estimate of drug-likeness (QED) is 0.597. The third-order valence-corrected chi connectivity index (χ3v) is 4.94. The van der Waals surface area contributed by atoms with Crippen molar-refractivity contribution >= 4 is 35.2 Å². The number of anilines is 4. The zero-order valence-corrected chi connectivity index (χ0v) is 24.1. The van der Waals surface area contributed by atoms with Crippen molar-refractivity contribution in [2.24, 2.45) is 10.8 Å². The number of carbonyl (C=O) groups excluding carboxylic acids is 2. The van der Waals surface area contributed by atoms with Crippen molar-refractivity contribution in [2.45, 2.75) is 68.2 Å². The molecule has 10 heteroatoms. The van der Waals surface area contributed by atoms with Gasteiger partial charge in [-0.15, -0.1) is 0 Å². The van der Waals surface area contributed by atoms with Crippen molar-refractivity contribution in [3.8, 4) is 0 Å². The molecule has 0 atom stereocenters. The number of hydrogen-bond acceptors (Lipinski definition) is 8. The van der Waals surface area contributed by atoms with Gasteiger partial charge in [0.25, 0.3) is 0 Å². The Kier molecular flexibility index (Phi) is 10.8. The SMILES string of the molecule is CNc1cc(N(C)C(=O)CC(C)(C)C)nc(C)n1.CNc1nc(C)cc(N(C)C(=O)CC(C)(C)C)n1. The summed E-state index contributed by atoms with van der Waals surface area (Å²) in [5.74, 6) is 3.26. The van der Waals surface area contributed by atoms with Gasteiger partial charge in [-0.05, 0) is 24.7 Å². The van der Waals surface area contributed by atoms with Gasteiger partial charge >= 0.3 is 0 Å². The van der Waals surface area contributed by atoms with Crippen LogP contribution in [0.3, 0.4) is 0 Å². The fraction of sp³-hybridized carbons (Fsp3) is 0.615. The van der Waals surface area contributed by atoms with Crippen LogP contribution >= 0.6 is 0 Å². The lowest BCUT2D eigenvalue weighted by molar-refractivity contribution is -0.120. The normalized spacial score (nSPS) is 11.2. The van der Waals surface area contributed by atoms with Gasteiger partial charge in [0, 0.05) is 58.9 Å². The Morgan fingerprint density at radius 3 is 1.64 bits per heavy atom. The van der Waals surface area contributed by atoms with Gasteiger partial charge in [-0.3, -0.25) is 19.4 Å². The summed E-state index contributed by atoms with van der Waals surface area (Å²) in [6, 6.07) is 3.58. The van der Waals surface area contributed by atoms with Gasteiger partial charge in [-0.2, -0.15) is 4.98 Å². The Hall–Kier alpha value is -3.30. The maximum atomic E-state index is 12.1. The topological polar surface area (TPSA) is 116 Å². The van der Waals surface area contributed by atoms with Crippen molar-refractivity contribution in [3.05, 3.63) is 23.7 Å². The Morgan fingerprint density at radius 1 is 0.750 bits per heavy atom. The van der Waals surface area contributed by atoms with Crippen LogP contribution in [0.25, 0.3) is 0 Å². The minimum atomic E-state index is -0.0285. The molecule has 0 aromatic carbocycles. The van der Waals surface area contributed by atoms with E-state index in [9.17, 15) is 9.59 Å². The molecule has 2 aromatic rings. The average Bonchev–Trinajstić information content (AvgIpc) is 2.75. The molecule has 2 aromatic heterocycles. The highest BCUT2D eigenvalue weighted by atomic mass is 16.2. The molecule has 0 fully saturated rings. The lowest BCUT2D eigenvalue weighted by atomic mass is 9.92. The minimum absolute atomic E-state index is 0.0285. The molecule has 0 saturated carbocycles. The Labute approximate surface area is 216 Å². The number of carbonyl (C=O) groups is 2. The van der Waals surface area contributed by atoms with Gasteiger partial charge < -0.3 is 10.6 Å².